The van der Waals surface area contributed by atoms with Crippen LogP contribution in [0.2, 0.25) is 0 Å². The Morgan fingerprint density at radius 3 is 2.57 bits per heavy atom. The molecule has 110 valence electrons. The zero-order chi connectivity index (χ0) is 14.5. The number of nitrogens with one attached hydrogen (secondary N) is 1. The van der Waals surface area contributed by atoms with E-state index in [1.807, 2.05) is 6.07 Å². The molecule has 0 saturated heterocycles. The van der Waals surface area contributed by atoms with Crippen LogP contribution in [0.15, 0.2) is 48.5 Å². The van der Waals surface area contributed by atoms with Gasteiger partial charge in [0.25, 0.3) is 0 Å². The molecule has 3 rings (SSSR count). The molecule has 1 N–H and O–H groups in total. The molecule has 3 nitrogen and oxygen atoms in total. The van der Waals surface area contributed by atoms with E-state index in [-0.39, 0.29) is 0 Å². The number of fused-ring (bicyclic) bond motifs is 1. The highest BCUT2D eigenvalue weighted by molar-refractivity contribution is 5.44. The van der Waals surface area contributed by atoms with Gasteiger partial charge < -0.3 is 14.8 Å². The molecule has 0 spiro atoms. The maximum atomic E-state index is 5.64. The van der Waals surface area contributed by atoms with Gasteiger partial charge in [0.1, 0.15) is 13.2 Å². The predicted octanol–water partition coefficient (Wildman–Crippen LogP) is 3.35. The maximum absolute atomic E-state index is 5.64. The SMILES string of the molecule is CC(NCCc1ccccc1)c1ccc2c(c1)OCCO2. The van der Waals surface area contributed by atoms with Gasteiger partial charge in [-0.25, -0.2) is 0 Å². The molecule has 2 aromatic rings. The molecule has 1 unspecified atom stereocenters. The lowest BCUT2D eigenvalue weighted by Crippen LogP contribution is -2.22. The quantitative estimate of drug-likeness (QED) is 0.913. The van der Waals surface area contributed by atoms with Gasteiger partial charge in [0.2, 0.25) is 0 Å². The van der Waals surface area contributed by atoms with Crippen molar-refractivity contribution in [2.45, 2.75) is 19.4 Å². The normalized spacial score (nSPS) is 14.7. The van der Waals surface area contributed by atoms with E-state index < -0.39 is 0 Å². The van der Waals surface area contributed by atoms with Crippen molar-refractivity contribution in [1.82, 2.24) is 5.32 Å². The van der Waals surface area contributed by atoms with E-state index in [0.29, 0.717) is 19.3 Å². The summed E-state index contributed by atoms with van der Waals surface area (Å²) in [5.74, 6) is 1.71. The lowest BCUT2D eigenvalue weighted by atomic mass is 10.1. The van der Waals surface area contributed by atoms with Gasteiger partial charge in [-0.15, -0.1) is 0 Å². The fourth-order valence-electron chi connectivity index (χ4n) is 2.52. The molecule has 0 amide bonds. The van der Waals surface area contributed by atoms with E-state index in [1.54, 1.807) is 0 Å². The molecule has 1 aliphatic rings. The van der Waals surface area contributed by atoms with Crippen LogP contribution in [0.4, 0.5) is 0 Å². The summed E-state index contributed by atoms with van der Waals surface area (Å²) >= 11 is 0. The first-order valence-electron chi connectivity index (χ1n) is 7.50. The van der Waals surface area contributed by atoms with E-state index in [4.69, 9.17) is 9.47 Å². The van der Waals surface area contributed by atoms with Crippen LogP contribution in [0, 0.1) is 0 Å². The third-order valence-corrected chi connectivity index (χ3v) is 3.77. The minimum Gasteiger partial charge on any atom is -0.486 e. The van der Waals surface area contributed by atoms with E-state index >= 15 is 0 Å². The summed E-state index contributed by atoms with van der Waals surface area (Å²) in [5, 5.41) is 3.56. The Balaban J connectivity index is 1.56. The van der Waals surface area contributed by atoms with Crippen molar-refractivity contribution in [3.8, 4) is 11.5 Å². The smallest absolute Gasteiger partial charge is 0.161 e. The first kappa shape index (κ1) is 14.0. The highest BCUT2D eigenvalue weighted by atomic mass is 16.6. The summed E-state index contributed by atoms with van der Waals surface area (Å²) in [6.07, 6.45) is 1.04. The van der Waals surface area contributed by atoms with E-state index in [2.05, 4.69) is 54.7 Å². The Morgan fingerprint density at radius 2 is 1.76 bits per heavy atom. The van der Waals surface area contributed by atoms with E-state index in [0.717, 1.165) is 24.5 Å². The Morgan fingerprint density at radius 1 is 1.00 bits per heavy atom. The number of hydrogen-bond donors (Lipinski definition) is 1. The summed E-state index contributed by atoms with van der Waals surface area (Å²) in [6.45, 7) is 4.40. The molecule has 0 radical (unpaired) electrons. The fourth-order valence-corrected chi connectivity index (χ4v) is 2.52. The standard InChI is InChI=1S/C18H21NO2/c1-14(19-10-9-15-5-3-2-4-6-15)16-7-8-17-18(13-16)21-12-11-20-17/h2-8,13-14,19H,9-12H2,1H3. The number of ether oxygens (including phenoxy) is 2. The molecule has 1 aliphatic heterocycles. The van der Waals surface area contributed by atoms with Gasteiger partial charge in [-0.1, -0.05) is 36.4 Å². The van der Waals surface area contributed by atoms with Crippen LogP contribution >= 0.6 is 0 Å². The maximum Gasteiger partial charge on any atom is 0.161 e. The van der Waals surface area contributed by atoms with Crippen molar-refractivity contribution in [1.29, 1.82) is 0 Å². The van der Waals surface area contributed by atoms with Gasteiger partial charge in [0, 0.05) is 6.04 Å². The van der Waals surface area contributed by atoms with Crippen LogP contribution in [0.1, 0.15) is 24.1 Å². The summed E-state index contributed by atoms with van der Waals surface area (Å²) in [4.78, 5) is 0. The second-order valence-electron chi connectivity index (χ2n) is 5.31. The van der Waals surface area contributed by atoms with Crippen molar-refractivity contribution in [3.05, 3.63) is 59.7 Å². The molecule has 21 heavy (non-hydrogen) atoms. The Hall–Kier alpha value is -2.00. The monoisotopic (exact) mass is 283 g/mol. The zero-order valence-corrected chi connectivity index (χ0v) is 12.3. The molecule has 1 atom stereocenters. The molecule has 2 aromatic carbocycles. The summed E-state index contributed by atoms with van der Waals surface area (Å²) in [7, 11) is 0. The molecule has 1 heterocycles. The molecule has 0 saturated carbocycles. The largest absolute Gasteiger partial charge is 0.486 e. The second-order valence-corrected chi connectivity index (χ2v) is 5.31. The molecule has 0 aliphatic carbocycles. The summed E-state index contributed by atoms with van der Waals surface area (Å²) < 4.78 is 11.2. The third kappa shape index (κ3) is 3.56. The molecule has 0 fully saturated rings. The predicted molar refractivity (Wildman–Crippen MR) is 84.0 cm³/mol. The summed E-state index contributed by atoms with van der Waals surface area (Å²) in [5.41, 5.74) is 2.59. The highest BCUT2D eigenvalue weighted by Gasteiger charge is 2.14. The fraction of sp³-hybridized carbons (Fsp3) is 0.333. The molecular weight excluding hydrogens is 262 g/mol. The minimum absolute atomic E-state index is 0.296. The van der Waals surface area contributed by atoms with Crippen LogP contribution < -0.4 is 14.8 Å². The van der Waals surface area contributed by atoms with Crippen molar-refractivity contribution < 1.29 is 9.47 Å². The van der Waals surface area contributed by atoms with E-state index in [1.165, 1.54) is 11.1 Å². The van der Waals surface area contributed by atoms with Crippen LogP contribution in [0.3, 0.4) is 0 Å². The van der Waals surface area contributed by atoms with Gasteiger partial charge in [0.05, 0.1) is 0 Å². The van der Waals surface area contributed by atoms with Gasteiger partial charge in [-0.2, -0.15) is 0 Å². The lowest BCUT2D eigenvalue weighted by Gasteiger charge is -2.21. The van der Waals surface area contributed by atoms with Crippen molar-refractivity contribution in [2.75, 3.05) is 19.8 Å². The Kier molecular flexibility index (Phi) is 4.41. The number of hydrogen-bond acceptors (Lipinski definition) is 3. The van der Waals surface area contributed by atoms with Gasteiger partial charge in [-0.05, 0) is 43.1 Å². The summed E-state index contributed by atoms with van der Waals surface area (Å²) in [6, 6.07) is 17.0. The first-order chi connectivity index (χ1) is 10.3. The van der Waals surface area contributed by atoms with Gasteiger partial charge >= 0.3 is 0 Å². The van der Waals surface area contributed by atoms with Crippen molar-refractivity contribution in [2.24, 2.45) is 0 Å². The van der Waals surface area contributed by atoms with Gasteiger partial charge in [-0.3, -0.25) is 0 Å². The second kappa shape index (κ2) is 6.64. The average molecular weight is 283 g/mol. The van der Waals surface area contributed by atoms with E-state index in [9.17, 15) is 0 Å². The minimum atomic E-state index is 0.296. The highest BCUT2D eigenvalue weighted by Crippen LogP contribution is 2.32. The van der Waals surface area contributed by atoms with Crippen LogP contribution in [0.5, 0.6) is 11.5 Å². The topological polar surface area (TPSA) is 30.5 Å². The third-order valence-electron chi connectivity index (χ3n) is 3.77. The number of benzene rings is 2. The Bertz CT molecular complexity index is 583. The Labute approximate surface area is 125 Å². The first-order valence-corrected chi connectivity index (χ1v) is 7.50. The van der Waals surface area contributed by atoms with Gasteiger partial charge in [0.15, 0.2) is 11.5 Å². The zero-order valence-electron chi connectivity index (χ0n) is 12.3. The molecule has 0 aromatic heterocycles. The molecule has 0 bridgehead atoms. The molecular formula is C18H21NO2. The van der Waals surface area contributed by atoms with Crippen LogP contribution in [0.25, 0.3) is 0 Å². The van der Waals surface area contributed by atoms with Crippen molar-refractivity contribution >= 4 is 0 Å². The molecule has 3 heteroatoms. The lowest BCUT2D eigenvalue weighted by molar-refractivity contribution is 0.171. The van der Waals surface area contributed by atoms with Crippen molar-refractivity contribution in [3.63, 3.8) is 0 Å². The van der Waals surface area contributed by atoms with Crippen LogP contribution in [-0.2, 0) is 6.42 Å². The average Bonchev–Trinajstić information content (AvgIpc) is 2.55. The number of rotatable bonds is 5. The van der Waals surface area contributed by atoms with Crippen LogP contribution in [-0.4, -0.2) is 19.8 Å².